The van der Waals surface area contributed by atoms with Crippen molar-refractivity contribution in [3.05, 3.63) is 57.6 Å². The van der Waals surface area contributed by atoms with Gasteiger partial charge < -0.3 is 20.1 Å². The van der Waals surface area contributed by atoms with Gasteiger partial charge in [0, 0.05) is 22.2 Å². The third-order valence-corrected chi connectivity index (χ3v) is 5.51. The van der Waals surface area contributed by atoms with E-state index in [4.69, 9.17) is 32.7 Å². The van der Waals surface area contributed by atoms with Gasteiger partial charge in [-0.1, -0.05) is 35.3 Å². The lowest BCUT2D eigenvalue weighted by atomic mass is 9.98. The highest BCUT2D eigenvalue weighted by Gasteiger charge is 2.13. The normalized spacial score (nSPS) is 14.8. The highest BCUT2D eigenvalue weighted by Crippen LogP contribution is 2.30. The molecule has 2 aromatic carbocycles. The van der Waals surface area contributed by atoms with E-state index in [1.165, 1.54) is 18.4 Å². The van der Waals surface area contributed by atoms with Crippen LogP contribution in [0.15, 0.2) is 36.4 Å². The first-order valence-electron chi connectivity index (χ1n) is 9.89. The molecule has 0 aromatic heterocycles. The molecule has 1 saturated heterocycles. The maximum atomic E-state index is 6.24. The van der Waals surface area contributed by atoms with Gasteiger partial charge in [0.25, 0.3) is 0 Å². The summed E-state index contributed by atoms with van der Waals surface area (Å²) in [4.78, 5) is 0. The van der Waals surface area contributed by atoms with Crippen LogP contribution in [0.3, 0.4) is 0 Å². The van der Waals surface area contributed by atoms with Crippen molar-refractivity contribution in [1.29, 1.82) is 0 Å². The number of piperidine rings is 1. The van der Waals surface area contributed by atoms with Crippen LogP contribution in [-0.2, 0) is 13.2 Å². The Balaban J connectivity index is 1.58. The molecule has 152 valence electrons. The fraction of sp³-hybridized carbons (Fsp3) is 0.455. The van der Waals surface area contributed by atoms with Gasteiger partial charge in [-0.2, -0.15) is 0 Å². The SMILES string of the molecule is CCOc1cc(CNCC2CCNCC2)ccc1OCc1ccc(Cl)cc1Cl. The number of ether oxygens (including phenoxy) is 2. The monoisotopic (exact) mass is 422 g/mol. The fourth-order valence-electron chi connectivity index (χ4n) is 3.35. The maximum Gasteiger partial charge on any atom is 0.161 e. The molecule has 6 heteroatoms. The van der Waals surface area contributed by atoms with Gasteiger partial charge in [-0.15, -0.1) is 0 Å². The number of halogens is 2. The molecular formula is C22H28Cl2N2O2. The summed E-state index contributed by atoms with van der Waals surface area (Å²) in [5.74, 6) is 2.24. The molecule has 0 unspecified atom stereocenters. The van der Waals surface area contributed by atoms with E-state index < -0.39 is 0 Å². The van der Waals surface area contributed by atoms with Crippen LogP contribution >= 0.6 is 23.2 Å². The third kappa shape index (κ3) is 6.28. The van der Waals surface area contributed by atoms with Gasteiger partial charge in [-0.3, -0.25) is 0 Å². The molecule has 2 N–H and O–H groups in total. The van der Waals surface area contributed by atoms with Crippen molar-refractivity contribution in [3.8, 4) is 11.5 Å². The molecule has 0 bridgehead atoms. The highest BCUT2D eigenvalue weighted by molar-refractivity contribution is 6.35. The second-order valence-corrected chi connectivity index (χ2v) is 7.91. The minimum absolute atomic E-state index is 0.364. The summed E-state index contributed by atoms with van der Waals surface area (Å²) in [6.07, 6.45) is 2.49. The van der Waals surface area contributed by atoms with Crippen LogP contribution in [0.4, 0.5) is 0 Å². The molecule has 3 rings (SSSR count). The molecule has 0 amide bonds. The largest absolute Gasteiger partial charge is 0.490 e. The summed E-state index contributed by atoms with van der Waals surface area (Å²) in [6.45, 7) is 7.07. The molecular weight excluding hydrogens is 395 g/mol. The number of benzene rings is 2. The lowest BCUT2D eigenvalue weighted by Crippen LogP contribution is -2.33. The summed E-state index contributed by atoms with van der Waals surface area (Å²) in [5, 5.41) is 8.20. The topological polar surface area (TPSA) is 42.5 Å². The van der Waals surface area contributed by atoms with Gasteiger partial charge >= 0.3 is 0 Å². The number of hydrogen-bond donors (Lipinski definition) is 2. The zero-order valence-corrected chi connectivity index (χ0v) is 17.8. The number of rotatable bonds is 9. The average molecular weight is 423 g/mol. The van der Waals surface area contributed by atoms with E-state index in [0.29, 0.717) is 23.3 Å². The first-order valence-corrected chi connectivity index (χ1v) is 10.6. The van der Waals surface area contributed by atoms with Crippen LogP contribution in [0.25, 0.3) is 0 Å². The van der Waals surface area contributed by atoms with Crippen LogP contribution in [0.2, 0.25) is 10.0 Å². The van der Waals surface area contributed by atoms with Crippen molar-refractivity contribution in [2.45, 2.75) is 32.9 Å². The molecule has 0 saturated carbocycles. The van der Waals surface area contributed by atoms with Crippen molar-refractivity contribution in [1.82, 2.24) is 10.6 Å². The van der Waals surface area contributed by atoms with Crippen molar-refractivity contribution < 1.29 is 9.47 Å². The highest BCUT2D eigenvalue weighted by atomic mass is 35.5. The molecule has 0 radical (unpaired) electrons. The summed E-state index contributed by atoms with van der Waals surface area (Å²) in [6, 6.07) is 11.5. The summed E-state index contributed by atoms with van der Waals surface area (Å²) < 4.78 is 11.8. The second-order valence-electron chi connectivity index (χ2n) is 7.06. The van der Waals surface area contributed by atoms with E-state index >= 15 is 0 Å². The second kappa shape index (κ2) is 10.9. The summed E-state index contributed by atoms with van der Waals surface area (Å²) in [5.41, 5.74) is 2.08. The van der Waals surface area contributed by atoms with Crippen molar-refractivity contribution in [2.75, 3.05) is 26.2 Å². The van der Waals surface area contributed by atoms with Gasteiger partial charge in [-0.25, -0.2) is 0 Å². The van der Waals surface area contributed by atoms with Crippen LogP contribution < -0.4 is 20.1 Å². The fourth-order valence-corrected chi connectivity index (χ4v) is 3.81. The molecule has 0 spiro atoms. The third-order valence-electron chi connectivity index (χ3n) is 4.93. The van der Waals surface area contributed by atoms with Gasteiger partial charge in [0.2, 0.25) is 0 Å². The van der Waals surface area contributed by atoms with Gasteiger partial charge in [-0.05, 0) is 75.1 Å². The average Bonchev–Trinajstić information content (AvgIpc) is 2.69. The smallest absolute Gasteiger partial charge is 0.161 e. The first-order chi connectivity index (χ1) is 13.7. The lowest BCUT2D eigenvalue weighted by molar-refractivity contribution is 0.269. The Labute approximate surface area is 177 Å². The van der Waals surface area contributed by atoms with E-state index in [1.807, 2.05) is 25.1 Å². The summed E-state index contributed by atoms with van der Waals surface area (Å²) in [7, 11) is 0. The molecule has 1 aliphatic rings. The van der Waals surface area contributed by atoms with Gasteiger partial charge in [0.05, 0.1) is 6.61 Å². The van der Waals surface area contributed by atoms with Crippen LogP contribution in [0.1, 0.15) is 30.9 Å². The minimum atomic E-state index is 0.364. The van der Waals surface area contributed by atoms with E-state index in [9.17, 15) is 0 Å². The van der Waals surface area contributed by atoms with Crippen LogP contribution in [-0.4, -0.2) is 26.2 Å². The Bertz CT molecular complexity index is 764. The van der Waals surface area contributed by atoms with Crippen molar-refractivity contribution >= 4 is 23.2 Å². The summed E-state index contributed by atoms with van der Waals surface area (Å²) >= 11 is 12.2. The zero-order chi connectivity index (χ0) is 19.8. The minimum Gasteiger partial charge on any atom is -0.490 e. The standard InChI is InChI=1S/C22H28Cl2N2O2/c1-2-27-22-11-17(14-26-13-16-7-9-25-10-8-16)3-6-21(22)28-15-18-4-5-19(23)12-20(18)24/h3-6,11-12,16,25-26H,2,7-10,13-15H2,1H3. The molecule has 1 aliphatic heterocycles. The molecule has 4 nitrogen and oxygen atoms in total. The molecule has 0 aliphatic carbocycles. The first kappa shape index (κ1) is 21.3. The van der Waals surface area contributed by atoms with E-state index in [-0.39, 0.29) is 0 Å². The van der Waals surface area contributed by atoms with Crippen LogP contribution in [0, 0.1) is 5.92 Å². The Morgan fingerprint density at radius 3 is 2.61 bits per heavy atom. The van der Waals surface area contributed by atoms with Crippen molar-refractivity contribution in [2.24, 2.45) is 5.92 Å². The van der Waals surface area contributed by atoms with Crippen molar-refractivity contribution in [3.63, 3.8) is 0 Å². The van der Waals surface area contributed by atoms with E-state index in [2.05, 4.69) is 22.8 Å². The molecule has 0 atom stereocenters. The Morgan fingerprint density at radius 2 is 1.86 bits per heavy atom. The lowest BCUT2D eigenvalue weighted by Gasteiger charge is -2.23. The molecule has 2 aromatic rings. The van der Waals surface area contributed by atoms with E-state index in [1.54, 1.807) is 6.07 Å². The Kier molecular flexibility index (Phi) is 8.28. The molecule has 1 fully saturated rings. The maximum absolute atomic E-state index is 6.24. The number of hydrogen-bond acceptors (Lipinski definition) is 4. The van der Waals surface area contributed by atoms with Gasteiger partial charge in [0.1, 0.15) is 6.61 Å². The Hall–Kier alpha value is -1.46. The van der Waals surface area contributed by atoms with Crippen LogP contribution in [0.5, 0.6) is 11.5 Å². The van der Waals surface area contributed by atoms with Gasteiger partial charge in [0.15, 0.2) is 11.5 Å². The Morgan fingerprint density at radius 1 is 1.04 bits per heavy atom. The van der Waals surface area contributed by atoms with E-state index in [0.717, 1.165) is 49.2 Å². The molecule has 28 heavy (non-hydrogen) atoms. The predicted molar refractivity (Wildman–Crippen MR) is 116 cm³/mol. The predicted octanol–water partition coefficient (Wildman–Crippen LogP) is 5.06. The quantitative estimate of drug-likeness (QED) is 0.592. The zero-order valence-electron chi connectivity index (χ0n) is 16.3. The molecule has 1 heterocycles. The number of nitrogens with one attached hydrogen (secondary N) is 2.